The van der Waals surface area contributed by atoms with Gasteiger partial charge < -0.3 is 9.84 Å². The summed E-state index contributed by atoms with van der Waals surface area (Å²) >= 11 is 0. The average molecular weight is 225 g/mol. The maximum Gasteiger partial charge on any atom is 0.334 e. The number of carbonyl (C=O) groups is 1. The number of hydrogen-bond acceptors (Lipinski definition) is 4. The van der Waals surface area contributed by atoms with Crippen LogP contribution in [0.5, 0.6) is 0 Å². The van der Waals surface area contributed by atoms with Crippen molar-refractivity contribution in [2.24, 2.45) is 0 Å². The molecule has 84 valence electrons. The van der Waals surface area contributed by atoms with E-state index in [0.717, 1.165) is 0 Å². The molecule has 7 heteroatoms. The first-order valence-corrected chi connectivity index (χ1v) is 5.81. The summed E-state index contributed by atoms with van der Waals surface area (Å²) in [6.07, 6.45) is -0.651. The van der Waals surface area contributed by atoms with Crippen LogP contribution in [0.15, 0.2) is 0 Å². The van der Waals surface area contributed by atoms with E-state index in [9.17, 15) is 13.2 Å². The fourth-order valence-corrected chi connectivity index (χ4v) is 1.90. The summed E-state index contributed by atoms with van der Waals surface area (Å²) in [5.41, 5.74) is 0. The van der Waals surface area contributed by atoms with Crippen molar-refractivity contribution >= 4 is 16.0 Å². The highest BCUT2D eigenvalue weighted by atomic mass is 32.2. The van der Waals surface area contributed by atoms with Crippen molar-refractivity contribution in [1.82, 2.24) is 4.72 Å². The van der Waals surface area contributed by atoms with E-state index in [1.807, 2.05) is 0 Å². The molecule has 1 atom stereocenters. The summed E-state index contributed by atoms with van der Waals surface area (Å²) in [6.45, 7) is 1.48. The normalized spacial score (nSPS) is 13.9. The van der Waals surface area contributed by atoms with Gasteiger partial charge in [0.15, 0.2) is 6.10 Å². The van der Waals surface area contributed by atoms with Crippen molar-refractivity contribution in [3.8, 4) is 0 Å². The quantitative estimate of drug-likeness (QED) is 0.604. The minimum absolute atomic E-state index is 0.0109. The summed E-state index contributed by atoms with van der Waals surface area (Å²) in [6, 6.07) is 0. The van der Waals surface area contributed by atoms with Gasteiger partial charge in [0.25, 0.3) is 0 Å². The fraction of sp³-hybridized carbons (Fsp3) is 0.857. The standard InChI is InChI=1S/C7H15NO5S/c1-3-4-14(11,12)8-5-6(13-2)7(9)10/h6,8H,3-5H2,1-2H3,(H,9,10). The maximum atomic E-state index is 11.1. The third-order valence-electron chi connectivity index (χ3n) is 1.52. The first-order chi connectivity index (χ1) is 6.43. The summed E-state index contributed by atoms with van der Waals surface area (Å²) < 4.78 is 28.9. The van der Waals surface area contributed by atoms with Crippen molar-refractivity contribution in [2.45, 2.75) is 19.4 Å². The molecule has 2 N–H and O–H groups in total. The van der Waals surface area contributed by atoms with Gasteiger partial charge in [-0.2, -0.15) is 0 Å². The van der Waals surface area contributed by atoms with Crippen molar-refractivity contribution in [3.63, 3.8) is 0 Å². The fourth-order valence-electron chi connectivity index (χ4n) is 0.815. The van der Waals surface area contributed by atoms with Gasteiger partial charge in [-0.15, -0.1) is 0 Å². The van der Waals surface area contributed by atoms with Gasteiger partial charge in [-0.25, -0.2) is 17.9 Å². The number of aliphatic carboxylic acids is 1. The third-order valence-corrected chi connectivity index (χ3v) is 3.07. The number of carboxylic acids is 1. The van der Waals surface area contributed by atoms with Gasteiger partial charge in [0.1, 0.15) is 0 Å². The second-order valence-corrected chi connectivity index (χ2v) is 4.66. The first kappa shape index (κ1) is 13.3. The van der Waals surface area contributed by atoms with Crippen LogP contribution in [-0.2, 0) is 19.6 Å². The highest BCUT2D eigenvalue weighted by molar-refractivity contribution is 7.89. The minimum Gasteiger partial charge on any atom is -0.479 e. The van der Waals surface area contributed by atoms with E-state index in [1.54, 1.807) is 6.92 Å². The second-order valence-electron chi connectivity index (χ2n) is 2.73. The number of methoxy groups -OCH3 is 1. The molecule has 0 amide bonds. The number of ether oxygens (including phenoxy) is 1. The Kier molecular flexibility index (Phi) is 5.66. The van der Waals surface area contributed by atoms with Gasteiger partial charge in [0.2, 0.25) is 10.0 Å². The summed E-state index contributed by atoms with van der Waals surface area (Å²) in [5, 5.41) is 8.54. The van der Waals surface area contributed by atoms with Crippen LogP contribution in [0, 0.1) is 0 Å². The van der Waals surface area contributed by atoms with E-state index in [1.165, 1.54) is 7.11 Å². The molecular weight excluding hydrogens is 210 g/mol. The Morgan fingerprint density at radius 2 is 2.14 bits per heavy atom. The Morgan fingerprint density at radius 3 is 2.50 bits per heavy atom. The lowest BCUT2D eigenvalue weighted by molar-refractivity contribution is -0.147. The van der Waals surface area contributed by atoms with E-state index in [2.05, 4.69) is 9.46 Å². The van der Waals surface area contributed by atoms with E-state index in [4.69, 9.17) is 5.11 Å². The van der Waals surface area contributed by atoms with Gasteiger partial charge in [0.05, 0.1) is 5.75 Å². The van der Waals surface area contributed by atoms with E-state index >= 15 is 0 Å². The highest BCUT2D eigenvalue weighted by Crippen LogP contribution is 1.92. The SMILES string of the molecule is CCCS(=O)(=O)NCC(OC)C(=O)O. The van der Waals surface area contributed by atoms with E-state index in [-0.39, 0.29) is 12.3 Å². The smallest absolute Gasteiger partial charge is 0.334 e. The van der Waals surface area contributed by atoms with Crippen LogP contribution in [0.1, 0.15) is 13.3 Å². The van der Waals surface area contributed by atoms with Crippen LogP contribution < -0.4 is 4.72 Å². The van der Waals surface area contributed by atoms with E-state index in [0.29, 0.717) is 6.42 Å². The lowest BCUT2D eigenvalue weighted by atomic mass is 10.4. The Balaban J connectivity index is 4.09. The van der Waals surface area contributed by atoms with Gasteiger partial charge in [-0.3, -0.25) is 0 Å². The van der Waals surface area contributed by atoms with Crippen molar-refractivity contribution < 1.29 is 23.1 Å². The lowest BCUT2D eigenvalue weighted by Crippen LogP contribution is -2.38. The predicted octanol–water partition coefficient (Wildman–Crippen LogP) is -0.585. The Morgan fingerprint density at radius 1 is 1.57 bits per heavy atom. The number of sulfonamides is 1. The lowest BCUT2D eigenvalue weighted by Gasteiger charge is -2.11. The van der Waals surface area contributed by atoms with Crippen LogP contribution in [0.2, 0.25) is 0 Å². The van der Waals surface area contributed by atoms with Crippen molar-refractivity contribution in [2.75, 3.05) is 19.4 Å². The molecule has 1 unspecified atom stereocenters. The van der Waals surface area contributed by atoms with Crippen LogP contribution >= 0.6 is 0 Å². The largest absolute Gasteiger partial charge is 0.479 e. The van der Waals surface area contributed by atoms with Gasteiger partial charge >= 0.3 is 5.97 Å². The number of nitrogens with one attached hydrogen (secondary N) is 1. The van der Waals surface area contributed by atoms with Gasteiger partial charge in [0, 0.05) is 13.7 Å². The summed E-state index contributed by atoms with van der Waals surface area (Å²) in [7, 11) is -2.15. The first-order valence-electron chi connectivity index (χ1n) is 4.16. The molecule has 0 aromatic heterocycles. The molecule has 0 aromatic carbocycles. The van der Waals surface area contributed by atoms with Gasteiger partial charge in [-0.05, 0) is 6.42 Å². The molecule has 6 nitrogen and oxygen atoms in total. The molecule has 0 saturated heterocycles. The molecule has 0 spiro atoms. The molecule has 0 bridgehead atoms. The van der Waals surface area contributed by atoms with Crippen LogP contribution in [-0.4, -0.2) is 45.0 Å². The number of rotatable bonds is 7. The Bertz CT molecular complexity index is 274. The zero-order valence-corrected chi connectivity index (χ0v) is 9.00. The average Bonchev–Trinajstić information content (AvgIpc) is 2.04. The maximum absolute atomic E-state index is 11.1. The molecule has 0 aliphatic carbocycles. The van der Waals surface area contributed by atoms with Crippen LogP contribution in [0.3, 0.4) is 0 Å². The molecule has 14 heavy (non-hydrogen) atoms. The predicted molar refractivity (Wildman–Crippen MR) is 50.5 cm³/mol. The highest BCUT2D eigenvalue weighted by Gasteiger charge is 2.19. The molecule has 0 saturated carbocycles. The molecule has 0 rings (SSSR count). The molecule has 0 aromatic rings. The minimum atomic E-state index is -3.36. The molecule has 0 aliphatic rings. The molecule has 0 aliphatic heterocycles. The van der Waals surface area contributed by atoms with Crippen molar-refractivity contribution in [3.05, 3.63) is 0 Å². The second kappa shape index (κ2) is 5.94. The molecular formula is C7H15NO5S. The van der Waals surface area contributed by atoms with E-state index < -0.39 is 22.1 Å². The van der Waals surface area contributed by atoms with Gasteiger partial charge in [-0.1, -0.05) is 6.92 Å². The summed E-state index contributed by atoms with van der Waals surface area (Å²) in [4.78, 5) is 10.4. The topological polar surface area (TPSA) is 92.7 Å². The Hall–Kier alpha value is -0.660. The summed E-state index contributed by atoms with van der Waals surface area (Å²) in [5.74, 6) is -1.20. The monoisotopic (exact) mass is 225 g/mol. The Labute approximate surface area is 83.3 Å². The van der Waals surface area contributed by atoms with Crippen LogP contribution in [0.25, 0.3) is 0 Å². The molecule has 0 radical (unpaired) electrons. The zero-order valence-electron chi connectivity index (χ0n) is 8.19. The number of carboxylic acid groups (broad SMARTS) is 1. The number of hydrogen-bond donors (Lipinski definition) is 2. The molecule has 0 fully saturated rings. The third kappa shape index (κ3) is 5.15. The van der Waals surface area contributed by atoms with Crippen LogP contribution in [0.4, 0.5) is 0 Å². The zero-order chi connectivity index (χ0) is 11.2. The van der Waals surface area contributed by atoms with Crippen molar-refractivity contribution in [1.29, 1.82) is 0 Å². The molecule has 0 heterocycles.